The number of para-hydroxylation sites is 1. The van der Waals surface area contributed by atoms with Crippen LogP contribution in [0.1, 0.15) is 35.8 Å². The SMILES string of the molecule is COc1ccc2cc3n(c2c1)C[C@](C)(C(=O)NC[C@H]1CCCO1)N(Cc1cccc(OC)c1OC)C3=O. The lowest BCUT2D eigenvalue weighted by Gasteiger charge is -2.44. The second kappa shape index (κ2) is 9.97. The van der Waals surface area contributed by atoms with Crippen LogP contribution in [-0.4, -0.2) is 67.4 Å². The second-order valence-electron chi connectivity index (χ2n) is 9.70. The zero-order valence-electron chi connectivity index (χ0n) is 21.7. The molecular weight excluding hydrogens is 474 g/mol. The standard InChI is InChI=1S/C28H33N3O6/c1-28(27(33)29-15-21-8-6-12-37-21)17-30-22-14-20(34-2)11-10-18(22)13-23(30)26(32)31(28)16-19-7-5-9-24(35-3)25(19)36-4/h5,7,9-11,13-14,21H,6,8,12,15-17H2,1-4H3,(H,29,33)/t21-,28-/m1/s1. The Morgan fingerprint density at radius 1 is 1.14 bits per heavy atom. The predicted octanol–water partition coefficient (Wildman–Crippen LogP) is 3.38. The van der Waals surface area contributed by atoms with Crippen LogP contribution in [-0.2, 0) is 22.6 Å². The molecular formula is C28H33N3O6. The van der Waals surface area contributed by atoms with Crippen molar-refractivity contribution < 1.29 is 28.5 Å². The number of hydrogen-bond donors (Lipinski definition) is 1. The molecule has 2 aliphatic heterocycles. The Bertz CT molecular complexity index is 1330. The summed E-state index contributed by atoms with van der Waals surface area (Å²) >= 11 is 0. The monoisotopic (exact) mass is 507 g/mol. The maximum absolute atomic E-state index is 14.1. The average molecular weight is 508 g/mol. The molecule has 2 aliphatic rings. The van der Waals surface area contributed by atoms with E-state index in [2.05, 4.69) is 5.32 Å². The number of carbonyl (C=O) groups is 2. The molecule has 37 heavy (non-hydrogen) atoms. The number of benzene rings is 2. The predicted molar refractivity (Wildman–Crippen MR) is 138 cm³/mol. The van der Waals surface area contributed by atoms with Crippen molar-refractivity contribution in [3.8, 4) is 17.2 Å². The number of methoxy groups -OCH3 is 3. The number of nitrogens with one attached hydrogen (secondary N) is 1. The number of ether oxygens (including phenoxy) is 4. The van der Waals surface area contributed by atoms with Gasteiger partial charge in [0.25, 0.3) is 5.91 Å². The number of aromatic nitrogens is 1. The first-order valence-electron chi connectivity index (χ1n) is 12.5. The molecule has 1 saturated heterocycles. The lowest BCUT2D eigenvalue weighted by atomic mass is 9.93. The molecule has 0 aliphatic carbocycles. The Morgan fingerprint density at radius 3 is 2.68 bits per heavy atom. The summed E-state index contributed by atoms with van der Waals surface area (Å²) in [4.78, 5) is 29.6. The Labute approximate surface area is 216 Å². The number of hydrogen-bond acceptors (Lipinski definition) is 6. The lowest BCUT2D eigenvalue weighted by molar-refractivity contribution is -0.133. The molecule has 2 atom stereocenters. The Kier molecular flexibility index (Phi) is 6.72. The van der Waals surface area contributed by atoms with Crippen molar-refractivity contribution in [3.63, 3.8) is 0 Å². The largest absolute Gasteiger partial charge is 0.497 e. The van der Waals surface area contributed by atoms with Gasteiger partial charge in [0.15, 0.2) is 11.5 Å². The average Bonchev–Trinajstić information content (AvgIpc) is 3.57. The molecule has 1 fully saturated rings. The van der Waals surface area contributed by atoms with E-state index < -0.39 is 5.54 Å². The highest BCUT2D eigenvalue weighted by molar-refractivity contribution is 6.03. The van der Waals surface area contributed by atoms with Gasteiger partial charge in [-0.25, -0.2) is 0 Å². The van der Waals surface area contributed by atoms with Crippen molar-refractivity contribution in [3.05, 3.63) is 53.7 Å². The van der Waals surface area contributed by atoms with Gasteiger partial charge < -0.3 is 33.7 Å². The molecule has 0 saturated carbocycles. The summed E-state index contributed by atoms with van der Waals surface area (Å²) in [6.45, 7) is 3.39. The quantitative estimate of drug-likeness (QED) is 0.503. The van der Waals surface area contributed by atoms with E-state index in [1.54, 1.807) is 32.3 Å². The van der Waals surface area contributed by atoms with Gasteiger partial charge in [-0.3, -0.25) is 9.59 Å². The smallest absolute Gasteiger partial charge is 0.271 e. The third-order valence-electron chi connectivity index (χ3n) is 7.45. The van der Waals surface area contributed by atoms with E-state index in [0.29, 0.717) is 36.1 Å². The first kappa shape index (κ1) is 25.0. The fraction of sp³-hybridized carbons (Fsp3) is 0.429. The zero-order chi connectivity index (χ0) is 26.2. The van der Waals surface area contributed by atoms with Gasteiger partial charge in [-0.15, -0.1) is 0 Å². The Balaban J connectivity index is 1.57. The molecule has 1 aromatic heterocycles. The van der Waals surface area contributed by atoms with Crippen LogP contribution in [0.5, 0.6) is 17.2 Å². The molecule has 0 bridgehead atoms. The summed E-state index contributed by atoms with van der Waals surface area (Å²) in [7, 11) is 4.75. The maximum Gasteiger partial charge on any atom is 0.271 e. The molecule has 9 nitrogen and oxygen atoms in total. The minimum Gasteiger partial charge on any atom is -0.497 e. The number of amides is 2. The summed E-state index contributed by atoms with van der Waals surface area (Å²) in [5, 5.41) is 3.97. The molecule has 5 rings (SSSR count). The Hall–Kier alpha value is -3.72. The van der Waals surface area contributed by atoms with Crippen molar-refractivity contribution in [1.82, 2.24) is 14.8 Å². The highest BCUT2D eigenvalue weighted by Crippen LogP contribution is 2.38. The van der Waals surface area contributed by atoms with Gasteiger partial charge in [-0.2, -0.15) is 0 Å². The van der Waals surface area contributed by atoms with Gasteiger partial charge in [-0.05, 0) is 44.0 Å². The van der Waals surface area contributed by atoms with Crippen LogP contribution >= 0.6 is 0 Å². The summed E-state index contributed by atoms with van der Waals surface area (Å²) in [6.07, 6.45) is 1.89. The van der Waals surface area contributed by atoms with E-state index in [-0.39, 0.29) is 31.0 Å². The fourth-order valence-electron chi connectivity index (χ4n) is 5.36. The van der Waals surface area contributed by atoms with E-state index in [4.69, 9.17) is 18.9 Å². The zero-order valence-corrected chi connectivity index (χ0v) is 21.7. The number of carbonyl (C=O) groups excluding carboxylic acids is 2. The van der Waals surface area contributed by atoms with Crippen LogP contribution in [0, 0.1) is 0 Å². The van der Waals surface area contributed by atoms with Crippen LogP contribution in [0.15, 0.2) is 42.5 Å². The van der Waals surface area contributed by atoms with Gasteiger partial charge in [-0.1, -0.05) is 12.1 Å². The molecule has 0 unspecified atom stereocenters. The van der Waals surface area contributed by atoms with E-state index >= 15 is 0 Å². The second-order valence-corrected chi connectivity index (χ2v) is 9.70. The van der Waals surface area contributed by atoms with E-state index in [1.807, 2.05) is 47.9 Å². The molecule has 0 radical (unpaired) electrons. The summed E-state index contributed by atoms with van der Waals surface area (Å²) in [5.41, 5.74) is 0.944. The van der Waals surface area contributed by atoms with Crippen LogP contribution in [0.4, 0.5) is 0 Å². The normalized spacial score (nSPS) is 21.1. The van der Waals surface area contributed by atoms with Gasteiger partial charge in [0.1, 0.15) is 17.0 Å². The van der Waals surface area contributed by atoms with Crippen molar-refractivity contribution in [2.24, 2.45) is 0 Å². The number of nitrogens with zero attached hydrogens (tertiary/aromatic N) is 2. The van der Waals surface area contributed by atoms with E-state index in [9.17, 15) is 9.59 Å². The highest BCUT2D eigenvalue weighted by atomic mass is 16.5. The third kappa shape index (κ3) is 4.37. The molecule has 2 aromatic carbocycles. The lowest BCUT2D eigenvalue weighted by Crippen LogP contribution is -2.64. The van der Waals surface area contributed by atoms with Gasteiger partial charge in [0.2, 0.25) is 5.91 Å². The van der Waals surface area contributed by atoms with Crippen molar-refractivity contribution >= 4 is 22.7 Å². The minimum atomic E-state index is -1.17. The van der Waals surface area contributed by atoms with Crippen molar-refractivity contribution in [2.75, 3.05) is 34.5 Å². The summed E-state index contributed by atoms with van der Waals surface area (Å²) in [5.74, 6) is 1.33. The van der Waals surface area contributed by atoms with Crippen molar-refractivity contribution in [2.45, 2.75) is 44.5 Å². The molecule has 1 N–H and O–H groups in total. The molecule has 3 aromatic rings. The molecule has 9 heteroatoms. The highest BCUT2D eigenvalue weighted by Gasteiger charge is 2.48. The third-order valence-corrected chi connectivity index (χ3v) is 7.45. The molecule has 2 amide bonds. The van der Waals surface area contributed by atoms with Gasteiger partial charge in [0, 0.05) is 30.2 Å². The van der Waals surface area contributed by atoms with Crippen LogP contribution < -0.4 is 19.5 Å². The molecule has 3 heterocycles. The van der Waals surface area contributed by atoms with E-state index in [1.165, 1.54) is 0 Å². The van der Waals surface area contributed by atoms with Crippen LogP contribution in [0.25, 0.3) is 10.9 Å². The first-order valence-corrected chi connectivity index (χ1v) is 12.5. The Morgan fingerprint density at radius 2 is 1.97 bits per heavy atom. The first-order chi connectivity index (χ1) is 17.9. The fourth-order valence-corrected chi connectivity index (χ4v) is 5.36. The van der Waals surface area contributed by atoms with Crippen LogP contribution in [0.2, 0.25) is 0 Å². The molecule has 196 valence electrons. The van der Waals surface area contributed by atoms with Crippen LogP contribution in [0.3, 0.4) is 0 Å². The topological polar surface area (TPSA) is 91.3 Å². The molecule has 0 spiro atoms. The summed E-state index contributed by atoms with van der Waals surface area (Å²) < 4.78 is 24.2. The number of rotatable bonds is 8. The number of fused-ring (bicyclic) bond motifs is 3. The van der Waals surface area contributed by atoms with E-state index in [0.717, 1.165) is 29.3 Å². The van der Waals surface area contributed by atoms with Gasteiger partial charge >= 0.3 is 0 Å². The van der Waals surface area contributed by atoms with Crippen molar-refractivity contribution in [1.29, 1.82) is 0 Å². The van der Waals surface area contributed by atoms with Gasteiger partial charge in [0.05, 0.1) is 46.0 Å². The summed E-state index contributed by atoms with van der Waals surface area (Å²) in [6, 6.07) is 13.1. The minimum absolute atomic E-state index is 0.00833. The maximum atomic E-state index is 14.1.